The van der Waals surface area contributed by atoms with Crippen molar-refractivity contribution in [3.8, 4) is 0 Å². The zero-order valence-corrected chi connectivity index (χ0v) is 14.1. The second kappa shape index (κ2) is 5.82. The molecule has 20 heavy (non-hydrogen) atoms. The number of halogens is 2. The van der Waals surface area contributed by atoms with Gasteiger partial charge in [-0.25, -0.2) is 0 Å². The van der Waals surface area contributed by atoms with Crippen molar-refractivity contribution in [1.29, 1.82) is 0 Å². The Kier molecular flexibility index (Phi) is 4.99. The van der Waals surface area contributed by atoms with Crippen molar-refractivity contribution < 1.29 is 4.79 Å². The number of nitrogens with one attached hydrogen (secondary N) is 1. The predicted octanol–water partition coefficient (Wildman–Crippen LogP) is 4.52. The quantitative estimate of drug-likeness (QED) is 0.805. The number of carbonyl (C=O) groups excluding carboxylic acids is 1. The number of nitrogens with two attached hydrogens (primary N) is 1. The van der Waals surface area contributed by atoms with Gasteiger partial charge in [-0.3, -0.25) is 4.79 Å². The number of amides is 1. The van der Waals surface area contributed by atoms with Crippen molar-refractivity contribution in [2.75, 3.05) is 5.73 Å². The van der Waals surface area contributed by atoms with E-state index in [1.54, 1.807) is 0 Å². The van der Waals surface area contributed by atoms with Crippen LogP contribution in [0.1, 0.15) is 51.4 Å². The summed E-state index contributed by atoms with van der Waals surface area (Å²) >= 11 is 11.9. The molecule has 0 fully saturated rings. The highest BCUT2D eigenvalue weighted by molar-refractivity contribution is 6.39. The third kappa shape index (κ3) is 4.88. The SMILES string of the molecule is CC(C)(C)CC(C)(C)NC(=O)c1cc(Cl)c(N)c(Cl)c1. The van der Waals surface area contributed by atoms with Gasteiger partial charge in [0, 0.05) is 11.1 Å². The molecular formula is C15H22Cl2N2O. The molecule has 1 amide bonds. The fraction of sp³-hybridized carbons (Fsp3) is 0.533. The number of anilines is 1. The summed E-state index contributed by atoms with van der Waals surface area (Å²) in [5, 5.41) is 3.58. The molecule has 3 nitrogen and oxygen atoms in total. The summed E-state index contributed by atoms with van der Waals surface area (Å²) < 4.78 is 0. The van der Waals surface area contributed by atoms with Gasteiger partial charge in [0.05, 0.1) is 15.7 Å². The lowest BCUT2D eigenvalue weighted by Crippen LogP contribution is -2.45. The van der Waals surface area contributed by atoms with Crippen LogP contribution in [0.15, 0.2) is 12.1 Å². The second-order valence-electron chi connectivity index (χ2n) is 6.93. The third-order valence-electron chi connectivity index (χ3n) is 2.77. The van der Waals surface area contributed by atoms with E-state index >= 15 is 0 Å². The molecule has 112 valence electrons. The maximum Gasteiger partial charge on any atom is 0.251 e. The molecule has 0 aliphatic rings. The normalized spacial score (nSPS) is 12.3. The highest BCUT2D eigenvalue weighted by Gasteiger charge is 2.27. The first-order chi connectivity index (χ1) is 8.91. The lowest BCUT2D eigenvalue weighted by molar-refractivity contribution is 0.0891. The van der Waals surface area contributed by atoms with Gasteiger partial charge in [-0.1, -0.05) is 44.0 Å². The van der Waals surface area contributed by atoms with E-state index in [-0.39, 0.29) is 26.9 Å². The molecule has 0 bridgehead atoms. The van der Waals surface area contributed by atoms with Crippen LogP contribution in [0.2, 0.25) is 10.0 Å². The van der Waals surface area contributed by atoms with Crippen molar-refractivity contribution in [2.45, 2.75) is 46.6 Å². The van der Waals surface area contributed by atoms with Crippen LogP contribution in [0.25, 0.3) is 0 Å². The van der Waals surface area contributed by atoms with Gasteiger partial charge in [-0.05, 0) is 37.8 Å². The molecule has 0 saturated carbocycles. The zero-order chi connectivity index (χ0) is 15.7. The van der Waals surface area contributed by atoms with Crippen LogP contribution < -0.4 is 11.1 Å². The highest BCUT2D eigenvalue weighted by Crippen LogP contribution is 2.30. The smallest absolute Gasteiger partial charge is 0.251 e. The van der Waals surface area contributed by atoms with Crippen molar-refractivity contribution >= 4 is 34.8 Å². The average Bonchev–Trinajstić information content (AvgIpc) is 2.20. The topological polar surface area (TPSA) is 55.1 Å². The van der Waals surface area contributed by atoms with Gasteiger partial charge in [0.2, 0.25) is 0 Å². The van der Waals surface area contributed by atoms with Crippen LogP contribution in [0.5, 0.6) is 0 Å². The van der Waals surface area contributed by atoms with Crippen LogP contribution in [-0.4, -0.2) is 11.4 Å². The number of rotatable bonds is 3. The van der Waals surface area contributed by atoms with Crippen LogP contribution in [0, 0.1) is 5.41 Å². The van der Waals surface area contributed by atoms with E-state index in [1.165, 1.54) is 12.1 Å². The minimum absolute atomic E-state index is 0.118. The first-order valence-corrected chi connectivity index (χ1v) is 7.24. The largest absolute Gasteiger partial charge is 0.396 e. The molecule has 1 rings (SSSR count). The van der Waals surface area contributed by atoms with Gasteiger partial charge in [-0.2, -0.15) is 0 Å². The van der Waals surface area contributed by atoms with Crippen LogP contribution >= 0.6 is 23.2 Å². The lowest BCUT2D eigenvalue weighted by Gasteiger charge is -2.33. The van der Waals surface area contributed by atoms with E-state index in [4.69, 9.17) is 28.9 Å². The fourth-order valence-electron chi connectivity index (χ4n) is 2.46. The monoisotopic (exact) mass is 316 g/mol. The molecule has 1 aromatic rings. The number of hydrogen-bond acceptors (Lipinski definition) is 2. The summed E-state index contributed by atoms with van der Waals surface area (Å²) in [5.74, 6) is -0.206. The Labute approximate surface area is 130 Å². The van der Waals surface area contributed by atoms with Gasteiger partial charge in [0.15, 0.2) is 0 Å². The summed E-state index contributed by atoms with van der Waals surface area (Å²) in [4.78, 5) is 12.3. The van der Waals surface area contributed by atoms with Gasteiger partial charge in [0.1, 0.15) is 0 Å². The Balaban J connectivity index is 2.92. The fourth-order valence-corrected chi connectivity index (χ4v) is 2.95. The summed E-state index contributed by atoms with van der Waals surface area (Å²) in [7, 11) is 0. The molecule has 0 heterocycles. The summed E-state index contributed by atoms with van der Waals surface area (Å²) in [6, 6.07) is 3.07. The Bertz CT molecular complexity index is 496. The Hall–Kier alpha value is -0.930. The zero-order valence-electron chi connectivity index (χ0n) is 12.6. The number of benzene rings is 1. The average molecular weight is 317 g/mol. The van der Waals surface area contributed by atoms with Gasteiger partial charge < -0.3 is 11.1 Å². The standard InChI is InChI=1S/C15H22Cl2N2O/c1-14(2,3)8-15(4,5)19-13(20)9-6-10(16)12(18)11(17)7-9/h6-7H,8,18H2,1-5H3,(H,19,20). The van der Waals surface area contributed by atoms with E-state index in [1.807, 2.05) is 13.8 Å². The first-order valence-electron chi connectivity index (χ1n) is 6.48. The third-order valence-corrected chi connectivity index (χ3v) is 3.39. The molecule has 0 unspecified atom stereocenters. The summed E-state index contributed by atoms with van der Waals surface area (Å²) in [6.45, 7) is 10.4. The van der Waals surface area contributed by atoms with Crippen LogP contribution in [0.3, 0.4) is 0 Å². The van der Waals surface area contributed by atoms with E-state index in [0.29, 0.717) is 11.3 Å². The molecular weight excluding hydrogens is 295 g/mol. The van der Waals surface area contributed by atoms with Gasteiger partial charge in [-0.15, -0.1) is 0 Å². The molecule has 0 aromatic heterocycles. The second-order valence-corrected chi connectivity index (χ2v) is 7.74. The van der Waals surface area contributed by atoms with Gasteiger partial charge in [0.25, 0.3) is 5.91 Å². The number of hydrogen-bond donors (Lipinski definition) is 2. The van der Waals surface area contributed by atoms with Crippen molar-refractivity contribution in [3.63, 3.8) is 0 Å². The van der Waals surface area contributed by atoms with E-state index in [9.17, 15) is 4.79 Å². The highest BCUT2D eigenvalue weighted by atomic mass is 35.5. The Morgan fingerprint density at radius 3 is 2.00 bits per heavy atom. The Morgan fingerprint density at radius 2 is 1.60 bits per heavy atom. The molecule has 5 heteroatoms. The van der Waals surface area contributed by atoms with Crippen molar-refractivity contribution in [2.24, 2.45) is 5.41 Å². The molecule has 1 aromatic carbocycles. The van der Waals surface area contributed by atoms with Crippen LogP contribution in [-0.2, 0) is 0 Å². The maximum atomic E-state index is 12.3. The molecule has 0 aliphatic heterocycles. The summed E-state index contributed by atoms with van der Waals surface area (Å²) in [6.07, 6.45) is 0.849. The molecule has 0 spiro atoms. The molecule has 0 atom stereocenters. The predicted molar refractivity (Wildman–Crippen MR) is 86.5 cm³/mol. The van der Waals surface area contributed by atoms with Crippen molar-refractivity contribution in [1.82, 2.24) is 5.32 Å². The Morgan fingerprint density at radius 1 is 1.15 bits per heavy atom. The minimum Gasteiger partial charge on any atom is -0.396 e. The van der Waals surface area contributed by atoms with E-state index in [0.717, 1.165) is 6.42 Å². The summed E-state index contributed by atoms with van der Waals surface area (Å²) in [5.41, 5.74) is 6.16. The first kappa shape index (κ1) is 17.1. The van der Waals surface area contributed by atoms with Crippen molar-refractivity contribution in [3.05, 3.63) is 27.7 Å². The lowest BCUT2D eigenvalue weighted by atomic mass is 9.81. The maximum absolute atomic E-state index is 12.3. The number of carbonyl (C=O) groups is 1. The van der Waals surface area contributed by atoms with Crippen LogP contribution in [0.4, 0.5) is 5.69 Å². The minimum atomic E-state index is -0.324. The molecule has 3 N–H and O–H groups in total. The van der Waals surface area contributed by atoms with E-state index < -0.39 is 0 Å². The molecule has 0 saturated heterocycles. The van der Waals surface area contributed by atoms with Gasteiger partial charge >= 0.3 is 0 Å². The molecule has 0 radical (unpaired) electrons. The molecule has 0 aliphatic carbocycles. The number of nitrogen functional groups attached to an aromatic ring is 1. The van der Waals surface area contributed by atoms with E-state index in [2.05, 4.69) is 26.1 Å².